The van der Waals surface area contributed by atoms with Gasteiger partial charge in [-0.15, -0.1) is 0 Å². The van der Waals surface area contributed by atoms with Gasteiger partial charge in [0.1, 0.15) is 0 Å². The monoisotopic (exact) mass is 432 g/mol. The number of aromatic nitrogens is 2. The Kier molecular flexibility index (Phi) is 6.02. The lowest BCUT2D eigenvalue weighted by Gasteiger charge is -2.34. The number of fused-ring (bicyclic) bond motifs is 1. The molecule has 154 valence electrons. The van der Waals surface area contributed by atoms with Crippen LogP contribution >= 0.6 is 23.2 Å². The van der Waals surface area contributed by atoms with Crippen LogP contribution < -0.4 is 5.69 Å². The van der Waals surface area contributed by atoms with Crippen LogP contribution in [0.4, 0.5) is 0 Å². The second kappa shape index (κ2) is 8.52. The fourth-order valence-electron chi connectivity index (χ4n) is 4.33. The third-order valence-electron chi connectivity index (χ3n) is 5.55. The fraction of sp³-hybridized carbons (Fsp3) is 0.409. The summed E-state index contributed by atoms with van der Waals surface area (Å²) in [6.45, 7) is 4.37. The number of imidazole rings is 1. The number of nitrogens with zero attached hydrogens (tertiary/aromatic N) is 3. The number of likely N-dealkylation sites (tertiary alicyclic amines) is 1. The van der Waals surface area contributed by atoms with Crippen LogP contribution in [0.25, 0.3) is 16.7 Å². The summed E-state index contributed by atoms with van der Waals surface area (Å²) < 4.78 is 1.63. The number of nitrogens with one attached hydrogen (secondary N) is 1. The Bertz CT molecular complexity index is 1060. The number of rotatable bonds is 5. The summed E-state index contributed by atoms with van der Waals surface area (Å²) >= 11 is 12.2. The van der Waals surface area contributed by atoms with Crippen molar-refractivity contribution in [3.8, 4) is 5.69 Å². The van der Waals surface area contributed by atoms with Gasteiger partial charge in [-0.2, -0.15) is 0 Å². The fourth-order valence-corrected chi connectivity index (χ4v) is 4.65. The van der Waals surface area contributed by atoms with Gasteiger partial charge in [0.15, 0.2) is 0 Å². The van der Waals surface area contributed by atoms with E-state index in [0.29, 0.717) is 15.6 Å². The number of halogens is 2. The summed E-state index contributed by atoms with van der Waals surface area (Å²) in [5.74, 6) is 0.736. The lowest BCUT2D eigenvalue weighted by Crippen LogP contribution is -2.38. The molecule has 0 amide bonds. The molecular weight excluding hydrogens is 407 g/mol. The van der Waals surface area contributed by atoms with E-state index < -0.39 is 0 Å². The second-order valence-electron chi connectivity index (χ2n) is 8.22. The van der Waals surface area contributed by atoms with Gasteiger partial charge in [-0.05, 0) is 69.2 Å². The molecule has 1 N–H and O–H groups in total. The van der Waals surface area contributed by atoms with Crippen LogP contribution in [0.15, 0.2) is 41.2 Å². The highest BCUT2D eigenvalue weighted by atomic mass is 35.5. The molecule has 0 bridgehead atoms. The molecule has 0 aliphatic carbocycles. The Morgan fingerprint density at radius 3 is 2.59 bits per heavy atom. The Morgan fingerprint density at radius 2 is 1.86 bits per heavy atom. The number of aromatic amines is 1. The Hall–Kier alpha value is -1.79. The third kappa shape index (κ3) is 4.53. The highest BCUT2D eigenvalue weighted by molar-refractivity contribution is 6.42. The maximum Gasteiger partial charge on any atom is 0.331 e. The van der Waals surface area contributed by atoms with E-state index >= 15 is 0 Å². The van der Waals surface area contributed by atoms with E-state index in [0.717, 1.165) is 43.3 Å². The highest BCUT2D eigenvalue weighted by Crippen LogP contribution is 2.28. The molecule has 1 aliphatic heterocycles. The van der Waals surface area contributed by atoms with Gasteiger partial charge in [0.05, 0.1) is 26.8 Å². The van der Waals surface area contributed by atoms with E-state index in [4.69, 9.17) is 23.2 Å². The summed E-state index contributed by atoms with van der Waals surface area (Å²) in [6.07, 6.45) is 2.56. The topological polar surface area (TPSA) is 44.3 Å². The van der Waals surface area contributed by atoms with Gasteiger partial charge in [0.2, 0.25) is 0 Å². The van der Waals surface area contributed by atoms with Crippen molar-refractivity contribution >= 4 is 34.2 Å². The van der Waals surface area contributed by atoms with Gasteiger partial charge < -0.3 is 9.88 Å². The minimum atomic E-state index is -0.200. The summed E-state index contributed by atoms with van der Waals surface area (Å²) in [5.41, 5.74) is 3.27. The summed E-state index contributed by atoms with van der Waals surface area (Å²) in [5, 5.41) is 0.859. The smallest absolute Gasteiger partial charge is 0.309 e. The van der Waals surface area contributed by atoms with Crippen molar-refractivity contribution < 1.29 is 0 Å². The zero-order valence-corrected chi connectivity index (χ0v) is 18.3. The molecule has 0 spiro atoms. The lowest BCUT2D eigenvalue weighted by atomic mass is 9.97. The first-order valence-electron chi connectivity index (χ1n) is 9.97. The van der Waals surface area contributed by atoms with Crippen molar-refractivity contribution in [1.29, 1.82) is 0 Å². The van der Waals surface area contributed by atoms with Crippen molar-refractivity contribution in [2.45, 2.75) is 19.4 Å². The minimum absolute atomic E-state index is 0.200. The van der Waals surface area contributed by atoms with Crippen LogP contribution in [-0.4, -0.2) is 53.1 Å². The molecule has 2 heterocycles. The molecule has 1 fully saturated rings. The molecule has 3 aromatic rings. The molecule has 0 saturated carbocycles. The zero-order valence-electron chi connectivity index (χ0n) is 16.8. The maximum atomic E-state index is 12.5. The van der Waals surface area contributed by atoms with Crippen LogP contribution in [0.5, 0.6) is 0 Å². The molecule has 1 atom stereocenters. The van der Waals surface area contributed by atoms with Crippen LogP contribution in [-0.2, 0) is 6.54 Å². The molecule has 0 radical (unpaired) electrons. The molecular formula is C22H26Cl2N4O. The van der Waals surface area contributed by atoms with E-state index in [1.54, 1.807) is 16.7 Å². The van der Waals surface area contributed by atoms with Crippen LogP contribution in [0.3, 0.4) is 0 Å². The van der Waals surface area contributed by atoms with Crippen molar-refractivity contribution in [3.05, 3.63) is 62.5 Å². The lowest BCUT2D eigenvalue weighted by molar-refractivity contribution is 0.145. The predicted molar refractivity (Wildman–Crippen MR) is 120 cm³/mol. The van der Waals surface area contributed by atoms with E-state index in [9.17, 15) is 4.79 Å². The SMILES string of the molecule is CN(C)CC1CCCN(Cc2ccc(-n3c(=O)[nH]c4cc(Cl)c(Cl)cc43)cc2)C1. The number of hydrogen-bond donors (Lipinski definition) is 1. The highest BCUT2D eigenvalue weighted by Gasteiger charge is 2.20. The molecule has 1 aliphatic rings. The number of benzene rings is 2. The van der Waals surface area contributed by atoms with Crippen molar-refractivity contribution in [3.63, 3.8) is 0 Å². The summed E-state index contributed by atoms with van der Waals surface area (Å²) in [6, 6.07) is 11.6. The van der Waals surface area contributed by atoms with Gasteiger partial charge in [0, 0.05) is 19.6 Å². The van der Waals surface area contributed by atoms with Gasteiger partial charge in [-0.25, -0.2) is 4.79 Å². The molecule has 1 aromatic heterocycles. The Labute approximate surface area is 180 Å². The Morgan fingerprint density at radius 1 is 1.14 bits per heavy atom. The third-order valence-corrected chi connectivity index (χ3v) is 6.27. The van der Waals surface area contributed by atoms with Crippen molar-refractivity contribution in [2.24, 2.45) is 5.92 Å². The van der Waals surface area contributed by atoms with Gasteiger partial charge in [-0.1, -0.05) is 35.3 Å². The van der Waals surface area contributed by atoms with E-state index in [-0.39, 0.29) is 5.69 Å². The molecule has 29 heavy (non-hydrogen) atoms. The average Bonchev–Trinajstić information content (AvgIpc) is 2.97. The van der Waals surface area contributed by atoms with Crippen LogP contribution in [0.2, 0.25) is 10.0 Å². The first kappa shape index (κ1) is 20.5. The predicted octanol–water partition coefficient (Wildman–Crippen LogP) is 4.40. The first-order valence-corrected chi connectivity index (χ1v) is 10.7. The average molecular weight is 433 g/mol. The summed E-state index contributed by atoms with van der Waals surface area (Å²) in [7, 11) is 4.29. The first-order chi connectivity index (χ1) is 13.9. The number of hydrogen-bond acceptors (Lipinski definition) is 3. The normalized spacial score (nSPS) is 18.0. The van der Waals surface area contributed by atoms with Gasteiger partial charge in [0.25, 0.3) is 0 Å². The zero-order chi connectivity index (χ0) is 20.5. The van der Waals surface area contributed by atoms with E-state index in [2.05, 4.69) is 41.0 Å². The standard InChI is InChI=1S/C22H26Cl2N4O/c1-26(2)12-16-4-3-9-27(14-16)13-15-5-7-17(8-6-15)28-21-11-19(24)18(23)10-20(21)25-22(28)29/h5-8,10-11,16H,3-4,9,12-14H2,1-2H3,(H,25,29). The van der Waals surface area contributed by atoms with Gasteiger partial charge in [-0.3, -0.25) is 9.47 Å². The molecule has 7 heteroatoms. The molecule has 2 aromatic carbocycles. The van der Waals surface area contributed by atoms with E-state index in [1.165, 1.54) is 18.4 Å². The Balaban J connectivity index is 1.53. The second-order valence-corrected chi connectivity index (χ2v) is 9.04. The summed E-state index contributed by atoms with van der Waals surface area (Å²) in [4.78, 5) is 20.2. The maximum absolute atomic E-state index is 12.5. The van der Waals surface area contributed by atoms with Crippen molar-refractivity contribution in [2.75, 3.05) is 33.7 Å². The van der Waals surface area contributed by atoms with Crippen molar-refractivity contribution in [1.82, 2.24) is 19.4 Å². The molecule has 1 saturated heterocycles. The quantitative estimate of drug-likeness (QED) is 0.649. The van der Waals surface area contributed by atoms with Gasteiger partial charge >= 0.3 is 5.69 Å². The van der Waals surface area contributed by atoms with Crippen LogP contribution in [0.1, 0.15) is 18.4 Å². The number of piperidine rings is 1. The van der Waals surface area contributed by atoms with Crippen LogP contribution in [0, 0.1) is 5.92 Å². The molecule has 1 unspecified atom stereocenters. The minimum Gasteiger partial charge on any atom is -0.309 e. The molecule has 5 nitrogen and oxygen atoms in total. The number of H-pyrrole nitrogens is 1. The van der Waals surface area contributed by atoms with E-state index in [1.807, 2.05) is 12.1 Å². The largest absolute Gasteiger partial charge is 0.331 e. The molecule has 4 rings (SSSR count).